The smallest absolute Gasteiger partial charge is 0.223 e. The van der Waals surface area contributed by atoms with E-state index in [1.807, 2.05) is 25.1 Å². The fourth-order valence-corrected chi connectivity index (χ4v) is 2.33. The molecule has 0 unspecified atom stereocenters. The van der Waals surface area contributed by atoms with Crippen LogP contribution in [0.25, 0.3) is 0 Å². The third-order valence-electron chi connectivity index (χ3n) is 2.84. The van der Waals surface area contributed by atoms with Gasteiger partial charge in [0.2, 0.25) is 11.8 Å². The lowest BCUT2D eigenvalue weighted by molar-refractivity contribution is -0.120. The van der Waals surface area contributed by atoms with Gasteiger partial charge in [0.15, 0.2) is 0 Å². The molecule has 1 N–H and O–H groups in total. The lowest BCUT2D eigenvalue weighted by Crippen LogP contribution is -2.34. The molecule has 0 saturated carbocycles. The van der Waals surface area contributed by atoms with Gasteiger partial charge in [-0.2, -0.15) is 0 Å². The molecule has 0 spiro atoms. The Kier molecular flexibility index (Phi) is 6.45. The minimum atomic E-state index is -0.0917. The lowest BCUT2D eigenvalue weighted by atomic mass is 10.1. The molecule has 0 aromatic heterocycles. The fraction of sp³-hybridized carbons (Fsp3) is 0.333. The highest BCUT2D eigenvalue weighted by atomic mass is 79.9. The zero-order chi connectivity index (χ0) is 15.1. The van der Waals surface area contributed by atoms with Crippen LogP contribution in [-0.4, -0.2) is 24.9 Å². The number of rotatable bonds is 6. The van der Waals surface area contributed by atoms with Crippen molar-refractivity contribution in [1.82, 2.24) is 5.32 Å². The van der Waals surface area contributed by atoms with Crippen LogP contribution in [0.4, 0.5) is 5.69 Å². The Bertz CT molecular complexity index is 515. The molecule has 108 valence electrons. The quantitative estimate of drug-likeness (QED) is 0.811. The van der Waals surface area contributed by atoms with E-state index < -0.39 is 0 Å². The summed E-state index contributed by atoms with van der Waals surface area (Å²) in [6, 6.07) is 5.71. The van der Waals surface area contributed by atoms with Crippen molar-refractivity contribution in [2.24, 2.45) is 0 Å². The molecule has 0 radical (unpaired) electrons. The first kappa shape index (κ1) is 16.4. The van der Waals surface area contributed by atoms with Crippen LogP contribution in [0.3, 0.4) is 0 Å². The summed E-state index contributed by atoms with van der Waals surface area (Å²) < 4.78 is 0.964. The average Bonchev–Trinajstić information content (AvgIpc) is 2.38. The van der Waals surface area contributed by atoms with Crippen molar-refractivity contribution in [2.75, 3.05) is 18.0 Å². The minimum absolute atomic E-state index is 0.0769. The van der Waals surface area contributed by atoms with Crippen LogP contribution in [0.5, 0.6) is 0 Å². The van der Waals surface area contributed by atoms with E-state index in [1.165, 1.54) is 6.92 Å². The van der Waals surface area contributed by atoms with E-state index in [0.717, 1.165) is 15.7 Å². The lowest BCUT2D eigenvalue weighted by Gasteiger charge is -2.23. The molecule has 1 rings (SSSR count). The predicted octanol–water partition coefficient (Wildman–Crippen LogP) is 2.80. The normalized spacial score (nSPS) is 9.95. The topological polar surface area (TPSA) is 49.4 Å². The van der Waals surface area contributed by atoms with Crippen molar-refractivity contribution in [2.45, 2.75) is 20.3 Å². The van der Waals surface area contributed by atoms with Crippen molar-refractivity contribution in [3.63, 3.8) is 0 Å². The SMILES string of the molecule is C=CCNC(=O)CCN(C(C)=O)c1ccc(Br)cc1C. The molecule has 0 fully saturated rings. The number of hydrogen-bond donors (Lipinski definition) is 1. The largest absolute Gasteiger partial charge is 0.353 e. The average molecular weight is 339 g/mol. The zero-order valence-electron chi connectivity index (χ0n) is 11.8. The number of halogens is 1. The first-order chi connectivity index (χ1) is 9.45. The van der Waals surface area contributed by atoms with Gasteiger partial charge in [0.1, 0.15) is 0 Å². The maximum atomic E-state index is 11.8. The molecule has 0 atom stereocenters. The Morgan fingerprint density at radius 1 is 1.45 bits per heavy atom. The number of hydrogen-bond acceptors (Lipinski definition) is 2. The van der Waals surface area contributed by atoms with Crippen LogP contribution in [0.1, 0.15) is 18.9 Å². The van der Waals surface area contributed by atoms with E-state index in [1.54, 1.807) is 11.0 Å². The summed E-state index contributed by atoms with van der Waals surface area (Å²) in [6.07, 6.45) is 1.89. The molecule has 0 bridgehead atoms. The Morgan fingerprint density at radius 3 is 2.70 bits per heavy atom. The Morgan fingerprint density at radius 2 is 2.15 bits per heavy atom. The molecule has 0 aliphatic carbocycles. The maximum Gasteiger partial charge on any atom is 0.223 e. The fourth-order valence-electron chi connectivity index (χ4n) is 1.86. The summed E-state index contributed by atoms with van der Waals surface area (Å²) in [7, 11) is 0. The zero-order valence-corrected chi connectivity index (χ0v) is 13.4. The number of nitrogens with one attached hydrogen (secondary N) is 1. The van der Waals surface area contributed by atoms with Crippen molar-refractivity contribution < 1.29 is 9.59 Å². The number of benzene rings is 1. The molecule has 0 saturated heterocycles. The highest BCUT2D eigenvalue weighted by Crippen LogP contribution is 2.24. The molecule has 2 amide bonds. The van der Waals surface area contributed by atoms with Gasteiger partial charge in [0.05, 0.1) is 0 Å². The van der Waals surface area contributed by atoms with Crippen molar-refractivity contribution >= 4 is 33.4 Å². The van der Waals surface area contributed by atoms with Gasteiger partial charge in [-0.3, -0.25) is 9.59 Å². The summed E-state index contributed by atoms with van der Waals surface area (Å²) in [5.41, 5.74) is 1.82. The standard InChI is InChI=1S/C15H19BrN2O2/c1-4-8-17-15(20)7-9-18(12(3)19)14-6-5-13(16)10-11(14)2/h4-6,10H,1,7-9H2,2-3H3,(H,17,20). The second kappa shape index (κ2) is 7.85. The highest BCUT2D eigenvalue weighted by molar-refractivity contribution is 9.10. The number of aryl methyl sites for hydroxylation is 1. The summed E-state index contributed by atoms with van der Waals surface area (Å²) in [4.78, 5) is 25.0. The number of carbonyl (C=O) groups excluding carboxylic acids is 2. The molecular weight excluding hydrogens is 320 g/mol. The van der Waals surface area contributed by atoms with Crippen LogP contribution < -0.4 is 10.2 Å². The summed E-state index contributed by atoms with van der Waals surface area (Å²) in [5, 5.41) is 2.70. The van der Waals surface area contributed by atoms with Crippen molar-refractivity contribution in [1.29, 1.82) is 0 Å². The van der Waals surface area contributed by atoms with Crippen molar-refractivity contribution in [3.05, 3.63) is 40.9 Å². The van der Waals surface area contributed by atoms with E-state index in [0.29, 0.717) is 13.1 Å². The molecular formula is C15H19BrN2O2. The van der Waals surface area contributed by atoms with E-state index >= 15 is 0 Å². The number of amides is 2. The third kappa shape index (κ3) is 4.81. The summed E-state index contributed by atoms with van der Waals surface area (Å²) in [5.74, 6) is -0.169. The maximum absolute atomic E-state index is 11.8. The molecule has 1 aromatic carbocycles. The molecule has 0 aliphatic rings. The number of anilines is 1. The van der Waals surface area contributed by atoms with Gasteiger partial charge in [0.25, 0.3) is 0 Å². The second-order valence-electron chi connectivity index (χ2n) is 4.44. The van der Waals surface area contributed by atoms with Crippen LogP contribution in [-0.2, 0) is 9.59 Å². The minimum Gasteiger partial charge on any atom is -0.353 e. The molecule has 0 heterocycles. The van der Waals surface area contributed by atoms with Gasteiger partial charge in [-0.05, 0) is 30.7 Å². The van der Waals surface area contributed by atoms with Crippen LogP contribution in [0.2, 0.25) is 0 Å². The number of carbonyl (C=O) groups is 2. The van der Waals surface area contributed by atoms with Gasteiger partial charge in [-0.25, -0.2) is 0 Å². The summed E-state index contributed by atoms with van der Waals surface area (Å²) >= 11 is 3.40. The third-order valence-corrected chi connectivity index (χ3v) is 3.33. The molecule has 0 aliphatic heterocycles. The predicted molar refractivity (Wildman–Crippen MR) is 84.7 cm³/mol. The van der Waals surface area contributed by atoms with E-state index in [-0.39, 0.29) is 18.2 Å². The van der Waals surface area contributed by atoms with Crippen LogP contribution >= 0.6 is 15.9 Å². The van der Waals surface area contributed by atoms with E-state index in [9.17, 15) is 9.59 Å². The van der Waals surface area contributed by atoms with Gasteiger partial charge >= 0.3 is 0 Å². The second-order valence-corrected chi connectivity index (χ2v) is 5.36. The molecule has 20 heavy (non-hydrogen) atoms. The Hall–Kier alpha value is -1.62. The Labute approximate surface area is 128 Å². The highest BCUT2D eigenvalue weighted by Gasteiger charge is 2.15. The Balaban J connectivity index is 2.77. The summed E-state index contributed by atoms with van der Waals surface area (Å²) in [6.45, 7) is 7.78. The monoisotopic (exact) mass is 338 g/mol. The van der Waals surface area contributed by atoms with Gasteiger partial charge < -0.3 is 10.2 Å². The van der Waals surface area contributed by atoms with Gasteiger partial charge in [0, 0.05) is 36.6 Å². The van der Waals surface area contributed by atoms with Gasteiger partial charge in [-0.1, -0.05) is 22.0 Å². The van der Waals surface area contributed by atoms with Crippen LogP contribution in [0.15, 0.2) is 35.3 Å². The molecule has 4 nitrogen and oxygen atoms in total. The van der Waals surface area contributed by atoms with Gasteiger partial charge in [-0.15, -0.1) is 6.58 Å². The van der Waals surface area contributed by atoms with Crippen molar-refractivity contribution in [3.8, 4) is 0 Å². The first-order valence-electron chi connectivity index (χ1n) is 6.37. The van der Waals surface area contributed by atoms with Crippen LogP contribution in [0, 0.1) is 6.92 Å². The molecule has 1 aromatic rings. The first-order valence-corrected chi connectivity index (χ1v) is 7.17. The van der Waals surface area contributed by atoms with E-state index in [4.69, 9.17) is 0 Å². The van der Waals surface area contributed by atoms with E-state index in [2.05, 4.69) is 27.8 Å². The molecule has 5 heteroatoms. The number of nitrogens with zero attached hydrogens (tertiary/aromatic N) is 1.